The number of aliphatic hydroxyl groups excluding tert-OH is 1. The van der Waals surface area contributed by atoms with Crippen molar-refractivity contribution in [1.82, 2.24) is 9.88 Å². The van der Waals surface area contributed by atoms with Crippen LogP contribution in [0.5, 0.6) is 0 Å². The van der Waals surface area contributed by atoms with E-state index < -0.39 is 0 Å². The van der Waals surface area contributed by atoms with Gasteiger partial charge in [-0.1, -0.05) is 6.92 Å². The predicted octanol–water partition coefficient (Wildman–Crippen LogP) is 0.218. The van der Waals surface area contributed by atoms with Gasteiger partial charge in [-0.25, -0.2) is 0 Å². The van der Waals surface area contributed by atoms with Crippen LogP contribution >= 0.6 is 0 Å². The Morgan fingerprint density at radius 3 is 3.06 bits per heavy atom. The maximum atomic E-state index is 12.2. The van der Waals surface area contributed by atoms with Crippen LogP contribution in [0.3, 0.4) is 0 Å². The summed E-state index contributed by atoms with van der Waals surface area (Å²) in [5.41, 5.74) is 0.0879. The number of carbonyl (C=O) groups excluding carboxylic acids is 1. The molecule has 2 atom stereocenters. The van der Waals surface area contributed by atoms with Gasteiger partial charge < -0.3 is 15.0 Å². The van der Waals surface area contributed by atoms with Crippen molar-refractivity contribution in [3.05, 3.63) is 34.2 Å². The Kier molecular flexibility index (Phi) is 3.28. The Morgan fingerprint density at radius 1 is 1.65 bits per heavy atom. The van der Waals surface area contributed by atoms with E-state index in [9.17, 15) is 14.7 Å². The summed E-state index contributed by atoms with van der Waals surface area (Å²) < 4.78 is 0. The highest BCUT2D eigenvalue weighted by molar-refractivity contribution is 5.94. The van der Waals surface area contributed by atoms with Gasteiger partial charge in [0.1, 0.15) is 0 Å². The minimum Gasteiger partial charge on any atom is -0.394 e. The molecule has 2 N–H and O–H groups in total. The van der Waals surface area contributed by atoms with Gasteiger partial charge in [0.15, 0.2) is 0 Å². The third kappa shape index (κ3) is 2.24. The predicted molar refractivity (Wildman–Crippen MR) is 62.8 cm³/mol. The lowest BCUT2D eigenvalue weighted by molar-refractivity contribution is 0.0648. The molecule has 5 heteroatoms. The molecule has 2 heterocycles. The number of nitrogens with zero attached hydrogens (tertiary/aromatic N) is 1. The standard InChI is InChI=1S/C12H16N2O3/c1-8-3-5-14(10(8)7-15)12(17)9-2-4-13-11(16)6-9/h2,4,6,8,10,15H,3,5,7H2,1H3,(H,13,16). The topological polar surface area (TPSA) is 73.4 Å². The van der Waals surface area contributed by atoms with Gasteiger partial charge in [0.25, 0.3) is 5.91 Å². The monoisotopic (exact) mass is 236 g/mol. The van der Waals surface area contributed by atoms with Crippen LogP contribution < -0.4 is 5.56 Å². The number of aromatic amines is 1. The van der Waals surface area contributed by atoms with Crippen LogP contribution in [0.2, 0.25) is 0 Å². The summed E-state index contributed by atoms with van der Waals surface area (Å²) >= 11 is 0. The molecule has 17 heavy (non-hydrogen) atoms. The van der Waals surface area contributed by atoms with Crippen molar-refractivity contribution in [2.45, 2.75) is 19.4 Å². The maximum absolute atomic E-state index is 12.2. The third-order valence-electron chi connectivity index (χ3n) is 3.35. The molecule has 2 rings (SSSR count). The first kappa shape index (κ1) is 11.9. The molecule has 1 aliphatic rings. The van der Waals surface area contributed by atoms with Crippen molar-refractivity contribution < 1.29 is 9.90 Å². The summed E-state index contributed by atoms with van der Waals surface area (Å²) in [5.74, 6) is 0.116. The summed E-state index contributed by atoms with van der Waals surface area (Å²) in [7, 11) is 0. The second-order valence-electron chi connectivity index (χ2n) is 4.46. The van der Waals surface area contributed by atoms with Crippen molar-refractivity contribution in [2.75, 3.05) is 13.2 Å². The van der Waals surface area contributed by atoms with Crippen molar-refractivity contribution in [1.29, 1.82) is 0 Å². The van der Waals surface area contributed by atoms with Gasteiger partial charge in [-0.15, -0.1) is 0 Å². The van der Waals surface area contributed by atoms with Gasteiger partial charge in [0, 0.05) is 24.4 Å². The van der Waals surface area contributed by atoms with Gasteiger partial charge in [-0.3, -0.25) is 9.59 Å². The molecular weight excluding hydrogens is 220 g/mol. The number of aliphatic hydroxyl groups is 1. The van der Waals surface area contributed by atoms with Crippen LogP contribution in [-0.4, -0.2) is 40.1 Å². The number of likely N-dealkylation sites (tertiary alicyclic amines) is 1. The molecular formula is C12H16N2O3. The molecule has 1 aromatic heterocycles. The molecule has 1 aliphatic heterocycles. The summed E-state index contributed by atoms with van der Waals surface area (Å²) in [4.78, 5) is 27.5. The molecule has 0 saturated carbocycles. The van der Waals surface area contributed by atoms with Gasteiger partial charge in [0.05, 0.1) is 12.6 Å². The molecule has 0 bridgehead atoms. The van der Waals surface area contributed by atoms with Crippen LogP contribution in [0.4, 0.5) is 0 Å². The van der Waals surface area contributed by atoms with E-state index in [1.54, 1.807) is 11.0 Å². The quantitative estimate of drug-likeness (QED) is 0.771. The van der Waals surface area contributed by atoms with E-state index in [1.807, 2.05) is 6.92 Å². The Balaban J connectivity index is 2.23. The van der Waals surface area contributed by atoms with Crippen LogP contribution in [-0.2, 0) is 0 Å². The Hall–Kier alpha value is -1.62. The molecule has 5 nitrogen and oxygen atoms in total. The highest BCUT2D eigenvalue weighted by Gasteiger charge is 2.34. The first-order chi connectivity index (χ1) is 8.13. The number of H-pyrrole nitrogens is 1. The van der Waals surface area contributed by atoms with Crippen LogP contribution in [0.15, 0.2) is 23.1 Å². The molecule has 92 valence electrons. The van der Waals surface area contributed by atoms with Crippen molar-refractivity contribution >= 4 is 5.91 Å². The lowest BCUT2D eigenvalue weighted by atomic mass is 10.0. The molecule has 1 aromatic rings. The largest absolute Gasteiger partial charge is 0.394 e. The normalized spacial score (nSPS) is 24.0. The highest BCUT2D eigenvalue weighted by Crippen LogP contribution is 2.24. The van der Waals surface area contributed by atoms with E-state index in [-0.39, 0.29) is 24.1 Å². The number of hydrogen-bond donors (Lipinski definition) is 2. The lowest BCUT2D eigenvalue weighted by Crippen LogP contribution is -2.40. The Bertz CT molecular complexity index is 469. The smallest absolute Gasteiger partial charge is 0.254 e. The van der Waals surface area contributed by atoms with E-state index in [2.05, 4.69) is 4.98 Å². The lowest BCUT2D eigenvalue weighted by Gasteiger charge is -2.25. The number of hydrogen-bond acceptors (Lipinski definition) is 3. The van der Waals surface area contributed by atoms with E-state index >= 15 is 0 Å². The second-order valence-corrected chi connectivity index (χ2v) is 4.46. The summed E-state index contributed by atoms with van der Waals surface area (Å²) in [6, 6.07) is 2.74. The average molecular weight is 236 g/mol. The van der Waals surface area contributed by atoms with Crippen LogP contribution in [0.1, 0.15) is 23.7 Å². The molecule has 2 unspecified atom stereocenters. The summed E-state index contributed by atoms with van der Waals surface area (Å²) in [5, 5.41) is 9.30. The van der Waals surface area contributed by atoms with Crippen LogP contribution in [0, 0.1) is 5.92 Å². The zero-order valence-corrected chi connectivity index (χ0v) is 9.72. The third-order valence-corrected chi connectivity index (χ3v) is 3.35. The van der Waals surface area contributed by atoms with Gasteiger partial charge in [-0.2, -0.15) is 0 Å². The number of aromatic nitrogens is 1. The molecule has 0 aromatic carbocycles. The first-order valence-corrected chi connectivity index (χ1v) is 5.74. The number of pyridine rings is 1. The second kappa shape index (κ2) is 4.71. The number of rotatable bonds is 2. The fraction of sp³-hybridized carbons (Fsp3) is 0.500. The van der Waals surface area contributed by atoms with Crippen LogP contribution in [0.25, 0.3) is 0 Å². The first-order valence-electron chi connectivity index (χ1n) is 5.74. The van der Waals surface area contributed by atoms with Crippen molar-refractivity contribution in [3.8, 4) is 0 Å². The van der Waals surface area contributed by atoms with E-state index in [4.69, 9.17) is 0 Å². The number of carbonyl (C=O) groups is 1. The number of nitrogens with one attached hydrogen (secondary N) is 1. The molecule has 1 fully saturated rings. The SMILES string of the molecule is CC1CCN(C(=O)c2cc[nH]c(=O)c2)C1CO. The summed E-state index contributed by atoms with van der Waals surface area (Å²) in [6.07, 6.45) is 2.35. The zero-order chi connectivity index (χ0) is 12.4. The van der Waals surface area contributed by atoms with E-state index in [0.717, 1.165) is 6.42 Å². The molecule has 1 saturated heterocycles. The minimum absolute atomic E-state index is 0.0316. The molecule has 0 aliphatic carbocycles. The average Bonchev–Trinajstić information content (AvgIpc) is 2.69. The number of amides is 1. The van der Waals surface area contributed by atoms with Gasteiger partial charge in [0.2, 0.25) is 5.56 Å². The molecule has 0 radical (unpaired) electrons. The van der Waals surface area contributed by atoms with Gasteiger partial charge >= 0.3 is 0 Å². The Morgan fingerprint density at radius 2 is 2.41 bits per heavy atom. The fourth-order valence-electron chi connectivity index (χ4n) is 2.28. The molecule has 1 amide bonds. The van der Waals surface area contributed by atoms with Crippen molar-refractivity contribution in [2.24, 2.45) is 5.92 Å². The fourth-order valence-corrected chi connectivity index (χ4v) is 2.28. The highest BCUT2D eigenvalue weighted by atomic mass is 16.3. The Labute approximate surface area is 99.1 Å². The van der Waals surface area contributed by atoms with E-state index in [1.165, 1.54) is 12.3 Å². The van der Waals surface area contributed by atoms with Gasteiger partial charge in [-0.05, 0) is 18.4 Å². The van der Waals surface area contributed by atoms with Crippen molar-refractivity contribution in [3.63, 3.8) is 0 Å². The molecule has 0 spiro atoms. The minimum atomic E-state index is -0.288. The zero-order valence-electron chi connectivity index (χ0n) is 9.72. The maximum Gasteiger partial charge on any atom is 0.254 e. The van der Waals surface area contributed by atoms with E-state index in [0.29, 0.717) is 18.0 Å². The summed E-state index contributed by atoms with van der Waals surface area (Å²) in [6.45, 7) is 2.63.